The molecule has 2 aromatic carbocycles. The summed E-state index contributed by atoms with van der Waals surface area (Å²) in [6.45, 7) is 7.09. The van der Waals surface area contributed by atoms with Gasteiger partial charge in [-0.25, -0.2) is 0 Å². The van der Waals surface area contributed by atoms with Crippen molar-refractivity contribution < 1.29 is 14.3 Å². The van der Waals surface area contributed by atoms with Gasteiger partial charge in [0.05, 0.1) is 19.6 Å². The van der Waals surface area contributed by atoms with Crippen molar-refractivity contribution in [3.63, 3.8) is 0 Å². The maximum Gasteiger partial charge on any atom is 0.244 e. The molecule has 2 rings (SSSR count). The van der Waals surface area contributed by atoms with Crippen molar-refractivity contribution in [2.45, 2.75) is 33.6 Å². The van der Waals surface area contributed by atoms with Crippen molar-refractivity contribution in [1.82, 2.24) is 4.90 Å². The highest BCUT2D eigenvalue weighted by Crippen LogP contribution is 2.15. The summed E-state index contributed by atoms with van der Waals surface area (Å²) in [7, 11) is 0. The van der Waals surface area contributed by atoms with Crippen LogP contribution in [0.4, 0.5) is 5.69 Å². The number of para-hydroxylation sites is 1. The van der Waals surface area contributed by atoms with Crippen LogP contribution in [-0.2, 0) is 16.0 Å². The van der Waals surface area contributed by atoms with Crippen molar-refractivity contribution in [2.24, 2.45) is 0 Å². The molecule has 27 heavy (non-hydrogen) atoms. The van der Waals surface area contributed by atoms with E-state index in [1.807, 2.05) is 69.3 Å². The fraction of sp³-hybridized carbons (Fsp3) is 0.364. The number of aryl methyl sites for hydroxylation is 1. The highest BCUT2D eigenvalue weighted by Gasteiger charge is 2.17. The van der Waals surface area contributed by atoms with Gasteiger partial charge in [0.1, 0.15) is 5.75 Å². The van der Waals surface area contributed by atoms with E-state index in [9.17, 15) is 9.59 Å². The van der Waals surface area contributed by atoms with E-state index in [4.69, 9.17) is 4.74 Å². The third kappa shape index (κ3) is 6.44. The van der Waals surface area contributed by atoms with Gasteiger partial charge in [0, 0.05) is 12.2 Å². The van der Waals surface area contributed by atoms with Gasteiger partial charge in [0.25, 0.3) is 0 Å². The molecule has 1 N–H and O–H groups in total. The number of carbonyl (C=O) groups excluding carboxylic acids is 2. The third-order valence-electron chi connectivity index (χ3n) is 4.19. The van der Waals surface area contributed by atoms with Gasteiger partial charge in [-0.2, -0.15) is 0 Å². The van der Waals surface area contributed by atoms with Crippen LogP contribution in [0.1, 0.15) is 31.4 Å². The molecule has 2 amide bonds. The van der Waals surface area contributed by atoms with E-state index in [1.54, 1.807) is 4.90 Å². The highest BCUT2D eigenvalue weighted by molar-refractivity contribution is 5.95. The fourth-order valence-corrected chi connectivity index (χ4v) is 2.79. The summed E-state index contributed by atoms with van der Waals surface area (Å²) in [4.78, 5) is 26.7. The summed E-state index contributed by atoms with van der Waals surface area (Å²) in [5.41, 5.74) is 2.68. The molecule has 5 heteroatoms. The van der Waals surface area contributed by atoms with E-state index in [2.05, 4.69) is 5.32 Å². The van der Waals surface area contributed by atoms with Crippen molar-refractivity contribution >= 4 is 17.5 Å². The van der Waals surface area contributed by atoms with Gasteiger partial charge in [0.15, 0.2) is 0 Å². The second kappa shape index (κ2) is 10.4. The molecule has 0 atom stereocenters. The van der Waals surface area contributed by atoms with Crippen LogP contribution in [0, 0.1) is 6.92 Å². The van der Waals surface area contributed by atoms with E-state index in [1.165, 1.54) is 0 Å². The first kappa shape index (κ1) is 20.5. The van der Waals surface area contributed by atoms with Crippen LogP contribution in [-0.4, -0.2) is 36.4 Å². The van der Waals surface area contributed by atoms with E-state index < -0.39 is 0 Å². The molecule has 0 aliphatic carbocycles. The summed E-state index contributed by atoms with van der Waals surface area (Å²) in [6.07, 6.45) is 1.07. The summed E-state index contributed by atoms with van der Waals surface area (Å²) < 4.78 is 5.42. The Morgan fingerprint density at radius 3 is 2.37 bits per heavy atom. The van der Waals surface area contributed by atoms with Crippen molar-refractivity contribution in [2.75, 3.05) is 25.0 Å². The zero-order valence-corrected chi connectivity index (χ0v) is 16.3. The summed E-state index contributed by atoms with van der Waals surface area (Å²) in [6, 6.07) is 15.1. The summed E-state index contributed by atoms with van der Waals surface area (Å²) >= 11 is 0. The van der Waals surface area contributed by atoms with Gasteiger partial charge < -0.3 is 15.0 Å². The lowest BCUT2D eigenvalue weighted by molar-refractivity contribution is -0.134. The van der Waals surface area contributed by atoms with Gasteiger partial charge in [-0.15, -0.1) is 0 Å². The molecule has 2 aromatic rings. The van der Waals surface area contributed by atoms with Gasteiger partial charge >= 0.3 is 0 Å². The first-order chi connectivity index (χ1) is 13.0. The van der Waals surface area contributed by atoms with E-state index in [-0.39, 0.29) is 24.8 Å². The van der Waals surface area contributed by atoms with Crippen molar-refractivity contribution in [1.29, 1.82) is 0 Å². The van der Waals surface area contributed by atoms with Crippen LogP contribution in [0.3, 0.4) is 0 Å². The van der Waals surface area contributed by atoms with Crippen molar-refractivity contribution in [3.8, 4) is 5.75 Å². The molecule has 0 spiro atoms. The molecule has 0 fully saturated rings. The molecule has 0 heterocycles. The zero-order chi connectivity index (χ0) is 19.6. The summed E-state index contributed by atoms with van der Waals surface area (Å²) in [5.74, 6) is 0.551. The molecule has 0 aliphatic heterocycles. The molecule has 0 aromatic heterocycles. The molecule has 0 radical (unpaired) electrons. The maximum atomic E-state index is 12.7. The minimum Gasteiger partial charge on any atom is -0.494 e. The maximum absolute atomic E-state index is 12.7. The van der Waals surface area contributed by atoms with Crippen LogP contribution in [0.25, 0.3) is 0 Å². The molecule has 0 saturated carbocycles. The molecule has 0 unspecified atom stereocenters. The van der Waals surface area contributed by atoms with E-state index >= 15 is 0 Å². The normalized spacial score (nSPS) is 10.3. The Morgan fingerprint density at radius 2 is 1.74 bits per heavy atom. The number of nitrogens with one attached hydrogen (secondary N) is 1. The van der Waals surface area contributed by atoms with E-state index in [0.717, 1.165) is 29.0 Å². The third-order valence-corrected chi connectivity index (χ3v) is 4.19. The van der Waals surface area contributed by atoms with Gasteiger partial charge in [0.2, 0.25) is 11.8 Å². The number of amides is 2. The Balaban J connectivity index is 1.97. The molecule has 0 bridgehead atoms. The second-order valence-corrected chi connectivity index (χ2v) is 6.43. The predicted molar refractivity (Wildman–Crippen MR) is 108 cm³/mol. The van der Waals surface area contributed by atoms with Crippen LogP contribution >= 0.6 is 0 Å². The predicted octanol–water partition coefficient (Wildman–Crippen LogP) is 3.81. The average Bonchev–Trinajstić information content (AvgIpc) is 2.65. The van der Waals surface area contributed by atoms with Gasteiger partial charge in [-0.3, -0.25) is 9.59 Å². The number of anilines is 1. The van der Waals surface area contributed by atoms with Gasteiger partial charge in [-0.05, 0) is 49.6 Å². The second-order valence-electron chi connectivity index (χ2n) is 6.43. The Morgan fingerprint density at radius 1 is 1.04 bits per heavy atom. The quantitative estimate of drug-likeness (QED) is 0.732. The number of nitrogens with zero attached hydrogens (tertiary/aromatic N) is 1. The smallest absolute Gasteiger partial charge is 0.244 e. The van der Waals surface area contributed by atoms with Gasteiger partial charge in [-0.1, -0.05) is 37.3 Å². The monoisotopic (exact) mass is 368 g/mol. The first-order valence-electron chi connectivity index (χ1n) is 9.38. The molecular formula is C22H28N2O3. The van der Waals surface area contributed by atoms with Crippen LogP contribution in [0.15, 0.2) is 48.5 Å². The SMILES string of the molecule is CCCN(CC(=O)Nc1ccccc1C)C(=O)Cc1ccc(OCC)cc1. The number of carbonyl (C=O) groups is 2. The molecular weight excluding hydrogens is 340 g/mol. The number of hydrogen-bond acceptors (Lipinski definition) is 3. The minimum atomic E-state index is -0.183. The first-order valence-corrected chi connectivity index (χ1v) is 9.38. The number of benzene rings is 2. The van der Waals surface area contributed by atoms with E-state index in [0.29, 0.717) is 13.2 Å². The van der Waals surface area contributed by atoms with Crippen LogP contribution < -0.4 is 10.1 Å². The molecule has 0 aliphatic rings. The van der Waals surface area contributed by atoms with Crippen LogP contribution in [0.2, 0.25) is 0 Å². The Bertz CT molecular complexity index is 756. The zero-order valence-electron chi connectivity index (χ0n) is 16.3. The lowest BCUT2D eigenvalue weighted by Crippen LogP contribution is -2.39. The van der Waals surface area contributed by atoms with Crippen LogP contribution in [0.5, 0.6) is 5.75 Å². The molecule has 144 valence electrons. The number of hydrogen-bond donors (Lipinski definition) is 1. The topological polar surface area (TPSA) is 58.6 Å². The minimum absolute atomic E-state index is 0.0536. The number of ether oxygens (including phenoxy) is 1. The Kier molecular flexibility index (Phi) is 7.86. The van der Waals surface area contributed by atoms with Crippen molar-refractivity contribution in [3.05, 3.63) is 59.7 Å². The fourth-order valence-electron chi connectivity index (χ4n) is 2.79. The highest BCUT2D eigenvalue weighted by atomic mass is 16.5. The summed E-state index contributed by atoms with van der Waals surface area (Å²) in [5, 5.41) is 2.89. The Hall–Kier alpha value is -2.82. The molecule has 0 saturated heterocycles. The standard InChI is InChI=1S/C22H28N2O3/c1-4-14-24(16-21(25)23-20-9-7-6-8-17(20)3)22(26)15-18-10-12-19(13-11-18)27-5-2/h6-13H,4-5,14-16H2,1-3H3,(H,23,25). The average molecular weight is 368 g/mol. The lowest BCUT2D eigenvalue weighted by Gasteiger charge is -2.22. The molecule has 5 nitrogen and oxygen atoms in total. The lowest BCUT2D eigenvalue weighted by atomic mass is 10.1. The largest absolute Gasteiger partial charge is 0.494 e. The number of rotatable bonds is 9. The Labute approximate surface area is 161 Å².